The number of methoxy groups -OCH3 is 1. The second kappa shape index (κ2) is 6.79. The van der Waals surface area contributed by atoms with Crippen LogP contribution in [0.1, 0.15) is 23.1 Å². The number of halogens is 1. The molecular weight excluding hydrogens is 302 g/mol. The minimum Gasteiger partial charge on any atom is -0.496 e. The van der Waals surface area contributed by atoms with Gasteiger partial charge >= 0.3 is 0 Å². The highest BCUT2D eigenvalue weighted by molar-refractivity contribution is 6.43. The zero-order valence-electron chi connectivity index (χ0n) is 12.9. The lowest BCUT2D eigenvalue weighted by Gasteiger charge is -2.21. The standard InChI is InChI=1S/C17H18ClNO3/c1-11-9-13(10-15(22-3)12(11)2)6-7-16(20)19-8-4-5-14(18)17(19)21/h5-7,9-10H,4,8H2,1-3H3/b7-6+. The van der Waals surface area contributed by atoms with Gasteiger partial charge < -0.3 is 4.74 Å². The van der Waals surface area contributed by atoms with Crippen molar-refractivity contribution in [3.8, 4) is 5.75 Å². The number of carbonyl (C=O) groups is 2. The summed E-state index contributed by atoms with van der Waals surface area (Å²) in [6, 6.07) is 3.82. The van der Waals surface area contributed by atoms with Crippen LogP contribution in [0, 0.1) is 13.8 Å². The first-order chi connectivity index (χ1) is 10.4. The number of imide groups is 1. The summed E-state index contributed by atoms with van der Waals surface area (Å²) in [6.07, 6.45) is 5.28. The fourth-order valence-electron chi connectivity index (χ4n) is 2.27. The number of aryl methyl sites for hydroxylation is 1. The molecular formula is C17H18ClNO3. The van der Waals surface area contributed by atoms with Gasteiger partial charge in [-0.1, -0.05) is 23.7 Å². The predicted octanol–water partition coefficient (Wildman–Crippen LogP) is 3.21. The molecule has 2 rings (SSSR count). The maximum atomic E-state index is 12.1. The molecule has 0 spiro atoms. The Morgan fingerprint density at radius 2 is 2.09 bits per heavy atom. The quantitative estimate of drug-likeness (QED) is 0.804. The Balaban J connectivity index is 2.18. The van der Waals surface area contributed by atoms with Gasteiger partial charge in [-0.25, -0.2) is 0 Å². The third kappa shape index (κ3) is 3.39. The molecule has 0 fully saturated rings. The highest BCUT2D eigenvalue weighted by Crippen LogP contribution is 2.24. The third-order valence-electron chi connectivity index (χ3n) is 3.67. The molecule has 2 amide bonds. The molecule has 0 atom stereocenters. The summed E-state index contributed by atoms with van der Waals surface area (Å²) < 4.78 is 5.31. The zero-order chi connectivity index (χ0) is 16.3. The lowest BCUT2D eigenvalue weighted by Crippen LogP contribution is -2.38. The monoisotopic (exact) mass is 319 g/mol. The molecule has 22 heavy (non-hydrogen) atoms. The highest BCUT2D eigenvalue weighted by Gasteiger charge is 2.24. The van der Waals surface area contributed by atoms with Crippen molar-refractivity contribution >= 4 is 29.5 Å². The van der Waals surface area contributed by atoms with Crippen LogP contribution in [-0.4, -0.2) is 30.4 Å². The van der Waals surface area contributed by atoms with E-state index in [1.165, 1.54) is 6.08 Å². The Morgan fingerprint density at radius 1 is 1.36 bits per heavy atom. The second-order valence-electron chi connectivity index (χ2n) is 5.13. The molecule has 1 aromatic rings. The van der Waals surface area contributed by atoms with Crippen LogP contribution in [0.15, 0.2) is 29.3 Å². The number of carbonyl (C=O) groups excluding carboxylic acids is 2. The zero-order valence-corrected chi connectivity index (χ0v) is 13.6. The number of ether oxygens (including phenoxy) is 1. The number of amides is 2. The summed E-state index contributed by atoms with van der Waals surface area (Å²) >= 11 is 5.78. The molecule has 0 saturated carbocycles. The summed E-state index contributed by atoms with van der Waals surface area (Å²) in [5.74, 6) is -0.0409. The van der Waals surface area contributed by atoms with Crippen LogP contribution in [0.5, 0.6) is 5.75 Å². The molecule has 0 radical (unpaired) electrons. The van der Waals surface area contributed by atoms with E-state index in [1.807, 2.05) is 26.0 Å². The molecule has 0 saturated heterocycles. The van der Waals surface area contributed by atoms with Crippen LogP contribution in [0.25, 0.3) is 6.08 Å². The molecule has 0 aliphatic carbocycles. The fraction of sp³-hybridized carbons (Fsp3) is 0.294. The van der Waals surface area contributed by atoms with Gasteiger partial charge in [0.1, 0.15) is 10.8 Å². The van der Waals surface area contributed by atoms with Gasteiger partial charge in [-0.2, -0.15) is 0 Å². The van der Waals surface area contributed by atoms with Gasteiger partial charge in [0.05, 0.1) is 7.11 Å². The van der Waals surface area contributed by atoms with E-state index in [9.17, 15) is 9.59 Å². The van der Waals surface area contributed by atoms with Crippen molar-refractivity contribution in [2.45, 2.75) is 20.3 Å². The minimum atomic E-state index is -0.444. The van der Waals surface area contributed by atoms with Crippen molar-refractivity contribution < 1.29 is 14.3 Å². The van der Waals surface area contributed by atoms with Crippen LogP contribution >= 0.6 is 11.6 Å². The average Bonchev–Trinajstić information content (AvgIpc) is 2.50. The predicted molar refractivity (Wildman–Crippen MR) is 86.8 cm³/mol. The van der Waals surface area contributed by atoms with E-state index in [1.54, 1.807) is 19.3 Å². The normalized spacial score (nSPS) is 15.2. The first kappa shape index (κ1) is 16.3. The molecule has 0 unspecified atom stereocenters. The van der Waals surface area contributed by atoms with Crippen LogP contribution in [0.3, 0.4) is 0 Å². The summed E-state index contributed by atoms with van der Waals surface area (Å²) in [4.78, 5) is 25.1. The van der Waals surface area contributed by atoms with Crippen LogP contribution in [0.2, 0.25) is 0 Å². The van der Waals surface area contributed by atoms with E-state index in [4.69, 9.17) is 16.3 Å². The van der Waals surface area contributed by atoms with Gasteiger partial charge in [-0.15, -0.1) is 0 Å². The number of benzene rings is 1. The van der Waals surface area contributed by atoms with E-state index in [0.29, 0.717) is 13.0 Å². The topological polar surface area (TPSA) is 46.6 Å². The molecule has 1 heterocycles. The van der Waals surface area contributed by atoms with Gasteiger partial charge in [-0.3, -0.25) is 14.5 Å². The van der Waals surface area contributed by atoms with Crippen LogP contribution < -0.4 is 4.74 Å². The molecule has 116 valence electrons. The Bertz CT molecular complexity index is 677. The number of hydrogen-bond donors (Lipinski definition) is 0. The van der Waals surface area contributed by atoms with Crippen molar-refractivity contribution in [3.63, 3.8) is 0 Å². The largest absolute Gasteiger partial charge is 0.496 e. The molecule has 1 aliphatic rings. The lowest BCUT2D eigenvalue weighted by molar-refractivity contribution is -0.139. The van der Waals surface area contributed by atoms with Crippen molar-refractivity contribution in [2.24, 2.45) is 0 Å². The number of hydrogen-bond acceptors (Lipinski definition) is 3. The summed E-state index contributed by atoms with van der Waals surface area (Å²) in [5, 5.41) is 0.0980. The molecule has 0 bridgehead atoms. The van der Waals surface area contributed by atoms with Crippen molar-refractivity contribution in [1.29, 1.82) is 0 Å². The SMILES string of the molecule is COc1cc(/C=C/C(=O)N2CCC=C(Cl)C2=O)cc(C)c1C. The second-order valence-corrected chi connectivity index (χ2v) is 5.54. The first-order valence-electron chi connectivity index (χ1n) is 6.99. The van der Waals surface area contributed by atoms with Crippen LogP contribution in [-0.2, 0) is 9.59 Å². The van der Waals surface area contributed by atoms with E-state index < -0.39 is 5.91 Å². The Kier molecular flexibility index (Phi) is 5.03. The van der Waals surface area contributed by atoms with E-state index in [2.05, 4.69) is 0 Å². The summed E-state index contributed by atoms with van der Waals surface area (Å²) in [5.41, 5.74) is 2.99. The van der Waals surface area contributed by atoms with Crippen molar-refractivity contribution in [3.05, 3.63) is 46.0 Å². The average molecular weight is 320 g/mol. The number of nitrogens with zero attached hydrogens (tertiary/aromatic N) is 1. The maximum absolute atomic E-state index is 12.1. The highest BCUT2D eigenvalue weighted by atomic mass is 35.5. The fourth-order valence-corrected chi connectivity index (χ4v) is 2.48. The summed E-state index contributed by atoms with van der Waals surface area (Å²) in [7, 11) is 1.61. The number of rotatable bonds is 3. The Labute approximate surface area is 135 Å². The lowest BCUT2D eigenvalue weighted by atomic mass is 10.0. The van der Waals surface area contributed by atoms with Gasteiger partial charge in [-0.05, 0) is 49.1 Å². The van der Waals surface area contributed by atoms with Gasteiger partial charge in [0.15, 0.2) is 0 Å². The molecule has 0 aromatic heterocycles. The third-order valence-corrected chi connectivity index (χ3v) is 3.99. The van der Waals surface area contributed by atoms with Gasteiger partial charge in [0.25, 0.3) is 11.8 Å². The minimum absolute atomic E-state index is 0.0980. The van der Waals surface area contributed by atoms with Gasteiger partial charge in [0.2, 0.25) is 0 Å². The molecule has 5 heteroatoms. The molecule has 1 aromatic carbocycles. The smallest absolute Gasteiger partial charge is 0.271 e. The molecule has 4 nitrogen and oxygen atoms in total. The van der Waals surface area contributed by atoms with Gasteiger partial charge in [0, 0.05) is 12.6 Å². The Hall–Kier alpha value is -2.07. The van der Waals surface area contributed by atoms with Crippen LogP contribution in [0.4, 0.5) is 0 Å². The van der Waals surface area contributed by atoms with E-state index in [0.717, 1.165) is 27.3 Å². The first-order valence-corrected chi connectivity index (χ1v) is 7.36. The van der Waals surface area contributed by atoms with E-state index in [-0.39, 0.29) is 10.9 Å². The maximum Gasteiger partial charge on any atom is 0.271 e. The Morgan fingerprint density at radius 3 is 2.77 bits per heavy atom. The molecule has 1 aliphatic heterocycles. The molecule has 0 N–H and O–H groups in total. The van der Waals surface area contributed by atoms with Crippen molar-refractivity contribution in [1.82, 2.24) is 4.90 Å². The van der Waals surface area contributed by atoms with Crippen molar-refractivity contribution in [2.75, 3.05) is 13.7 Å². The summed E-state index contributed by atoms with van der Waals surface area (Å²) in [6.45, 7) is 4.32. The van der Waals surface area contributed by atoms with E-state index >= 15 is 0 Å².